The number of likely N-dealkylation sites (N-methyl/N-ethyl adjacent to an activating group) is 1. The van der Waals surface area contributed by atoms with Gasteiger partial charge in [-0.2, -0.15) is 0 Å². The van der Waals surface area contributed by atoms with Gasteiger partial charge in [0, 0.05) is 12.6 Å². The highest BCUT2D eigenvalue weighted by atomic mass is 16.5. The number of benzene rings is 1. The molecule has 1 amide bonds. The first-order valence-corrected chi connectivity index (χ1v) is 7.54. The van der Waals surface area contributed by atoms with Gasteiger partial charge in [-0.3, -0.25) is 4.79 Å². The van der Waals surface area contributed by atoms with Crippen molar-refractivity contribution in [1.82, 2.24) is 0 Å². The highest BCUT2D eigenvalue weighted by Gasteiger charge is 2.29. The second kappa shape index (κ2) is 5.64. The van der Waals surface area contributed by atoms with Gasteiger partial charge in [0.05, 0.1) is 5.69 Å². The average Bonchev–Trinajstić information content (AvgIpc) is 2.92. The van der Waals surface area contributed by atoms with Gasteiger partial charge in [0.25, 0.3) is 0 Å². The van der Waals surface area contributed by atoms with Crippen molar-refractivity contribution in [3.05, 3.63) is 23.8 Å². The summed E-state index contributed by atoms with van der Waals surface area (Å²) in [4.78, 5) is 13.6. The Kier molecular flexibility index (Phi) is 3.81. The second-order valence-corrected chi connectivity index (χ2v) is 5.99. The van der Waals surface area contributed by atoms with Gasteiger partial charge in [0.1, 0.15) is 24.0 Å². The molecule has 0 spiro atoms. The van der Waals surface area contributed by atoms with Crippen molar-refractivity contribution >= 4 is 11.6 Å². The van der Waals surface area contributed by atoms with E-state index in [0.29, 0.717) is 11.4 Å². The van der Waals surface area contributed by atoms with Gasteiger partial charge in [-0.05, 0) is 43.9 Å². The number of carbonyl (C=O) groups excluding carboxylic acids is 1. The Morgan fingerprint density at radius 3 is 2.86 bits per heavy atom. The quantitative estimate of drug-likeness (QED) is 0.702. The summed E-state index contributed by atoms with van der Waals surface area (Å²) < 4.78 is 5.57. The Balaban J connectivity index is 1.91. The molecular weight excluding hydrogens is 280 g/mol. The van der Waals surface area contributed by atoms with Crippen LogP contribution in [0.25, 0.3) is 0 Å². The lowest BCUT2D eigenvalue weighted by Crippen LogP contribution is -2.43. The van der Waals surface area contributed by atoms with Crippen molar-refractivity contribution < 1.29 is 14.6 Å². The van der Waals surface area contributed by atoms with E-state index in [9.17, 15) is 9.90 Å². The molecular formula is C17H20N2O3. The lowest BCUT2D eigenvalue weighted by atomic mass is 10.0. The number of hydrogen-bond acceptors (Lipinski definition) is 4. The van der Waals surface area contributed by atoms with Gasteiger partial charge in [-0.1, -0.05) is 11.8 Å². The summed E-state index contributed by atoms with van der Waals surface area (Å²) >= 11 is 0. The molecule has 1 atom stereocenters. The first-order valence-electron chi connectivity index (χ1n) is 7.54. The van der Waals surface area contributed by atoms with Gasteiger partial charge >= 0.3 is 0 Å². The third kappa shape index (κ3) is 2.80. The molecule has 116 valence electrons. The standard InChI is InChI=1S/C17H20N2O3/c1-19-14-10-12(6-9-17(21)7-2-3-8-17)4-5-15(14)22-11-13(18)16(19)20/h4-5,10,13,21H,2-3,7-8,11,18H2,1H3/t13-/m0/s1. The molecule has 1 aliphatic carbocycles. The third-order valence-electron chi connectivity index (χ3n) is 4.26. The van der Waals surface area contributed by atoms with Crippen LogP contribution in [0.5, 0.6) is 5.75 Å². The van der Waals surface area contributed by atoms with Crippen LogP contribution >= 0.6 is 0 Å². The monoisotopic (exact) mass is 300 g/mol. The van der Waals surface area contributed by atoms with E-state index in [-0.39, 0.29) is 12.5 Å². The number of carbonyl (C=O) groups is 1. The van der Waals surface area contributed by atoms with Crippen molar-refractivity contribution in [3.63, 3.8) is 0 Å². The minimum atomic E-state index is -0.868. The number of nitrogens with zero attached hydrogens (tertiary/aromatic N) is 1. The van der Waals surface area contributed by atoms with E-state index >= 15 is 0 Å². The number of nitrogens with two attached hydrogens (primary N) is 1. The van der Waals surface area contributed by atoms with Crippen molar-refractivity contribution in [2.75, 3.05) is 18.6 Å². The summed E-state index contributed by atoms with van der Waals surface area (Å²) in [6.45, 7) is 0.168. The molecule has 0 aromatic heterocycles. The van der Waals surface area contributed by atoms with Crippen LogP contribution in [0.1, 0.15) is 31.2 Å². The average molecular weight is 300 g/mol. The molecule has 1 heterocycles. The first kappa shape index (κ1) is 14.9. The molecule has 3 rings (SSSR count). The molecule has 1 aromatic rings. The van der Waals surface area contributed by atoms with E-state index in [0.717, 1.165) is 31.2 Å². The fraction of sp³-hybridized carbons (Fsp3) is 0.471. The van der Waals surface area contributed by atoms with Crippen LogP contribution in [0.4, 0.5) is 5.69 Å². The maximum absolute atomic E-state index is 12.1. The molecule has 3 N–H and O–H groups in total. The summed E-state index contributed by atoms with van der Waals surface area (Å²) in [6, 6.07) is 4.77. The van der Waals surface area contributed by atoms with Crippen molar-refractivity contribution in [1.29, 1.82) is 0 Å². The Bertz CT molecular complexity index is 654. The van der Waals surface area contributed by atoms with Crippen LogP contribution < -0.4 is 15.4 Å². The van der Waals surface area contributed by atoms with Crippen LogP contribution in [-0.4, -0.2) is 36.3 Å². The zero-order chi connectivity index (χ0) is 15.7. The van der Waals surface area contributed by atoms with E-state index in [4.69, 9.17) is 10.5 Å². The molecule has 0 unspecified atom stereocenters. The minimum absolute atomic E-state index is 0.168. The van der Waals surface area contributed by atoms with Gasteiger partial charge in [0.15, 0.2) is 0 Å². The van der Waals surface area contributed by atoms with Crippen molar-refractivity contribution in [2.24, 2.45) is 5.73 Å². The number of amides is 1. The number of aliphatic hydroxyl groups is 1. The van der Waals surface area contributed by atoms with Crippen LogP contribution in [-0.2, 0) is 4.79 Å². The summed E-state index contributed by atoms with van der Waals surface area (Å²) in [7, 11) is 1.68. The van der Waals surface area contributed by atoms with E-state index in [1.165, 1.54) is 4.90 Å². The summed E-state index contributed by atoms with van der Waals surface area (Å²) in [5.74, 6) is 6.42. The Morgan fingerprint density at radius 2 is 2.14 bits per heavy atom. The van der Waals surface area contributed by atoms with Gasteiger partial charge < -0.3 is 20.5 Å². The fourth-order valence-corrected chi connectivity index (χ4v) is 2.87. The predicted octanol–water partition coefficient (Wildman–Crippen LogP) is 1.03. The Hall–Kier alpha value is -2.03. The lowest BCUT2D eigenvalue weighted by molar-refractivity contribution is -0.119. The predicted molar refractivity (Wildman–Crippen MR) is 83.6 cm³/mol. The lowest BCUT2D eigenvalue weighted by Gasteiger charge is -2.18. The van der Waals surface area contributed by atoms with Crippen LogP contribution in [0.3, 0.4) is 0 Å². The first-order chi connectivity index (χ1) is 10.5. The summed E-state index contributed by atoms with van der Waals surface area (Å²) in [5, 5.41) is 10.3. The van der Waals surface area contributed by atoms with Crippen molar-refractivity contribution in [2.45, 2.75) is 37.3 Å². The zero-order valence-electron chi connectivity index (χ0n) is 12.6. The second-order valence-electron chi connectivity index (χ2n) is 5.99. The van der Waals surface area contributed by atoms with Crippen LogP contribution in [0, 0.1) is 11.8 Å². The fourth-order valence-electron chi connectivity index (χ4n) is 2.87. The number of fused-ring (bicyclic) bond motifs is 1. The smallest absolute Gasteiger partial charge is 0.247 e. The van der Waals surface area contributed by atoms with Crippen LogP contribution in [0.2, 0.25) is 0 Å². The Morgan fingerprint density at radius 1 is 1.41 bits per heavy atom. The van der Waals surface area contributed by atoms with Crippen molar-refractivity contribution in [3.8, 4) is 17.6 Å². The van der Waals surface area contributed by atoms with E-state index < -0.39 is 11.6 Å². The molecule has 5 heteroatoms. The van der Waals surface area contributed by atoms with Crippen LogP contribution in [0.15, 0.2) is 18.2 Å². The highest BCUT2D eigenvalue weighted by Crippen LogP contribution is 2.32. The number of anilines is 1. The molecule has 0 radical (unpaired) electrons. The molecule has 1 saturated carbocycles. The topological polar surface area (TPSA) is 75.8 Å². The minimum Gasteiger partial charge on any atom is -0.489 e. The summed E-state index contributed by atoms with van der Waals surface area (Å²) in [6.07, 6.45) is 3.47. The molecule has 0 saturated heterocycles. The molecule has 1 aromatic carbocycles. The largest absolute Gasteiger partial charge is 0.489 e. The maximum atomic E-state index is 12.1. The molecule has 0 bridgehead atoms. The zero-order valence-corrected chi connectivity index (χ0v) is 12.6. The van der Waals surface area contributed by atoms with Gasteiger partial charge in [-0.25, -0.2) is 0 Å². The van der Waals surface area contributed by atoms with E-state index in [1.54, 1.807) is 19.2 Å². The molecule has 2 aliphatic rings. The molecule has 5 nitrogen and oxygen atoms in total. The number of hydrogen-bond donors (Lipinski definition) is 2. The number of ether oxygens (including phenoxy) is 1. The Labute approximate surface area is 130 Å². The van der Waals surface area contributed by atoms with E-state index in [2.05, 4.69) is 11.8 Å². The molecule has 22 heavy (non-hydrogen) atoms. The van der Waals surface area contributed by atoms with Gasteiger partial charge in [0.2, 0.25) is 5.91 Å². The molecule has 1 aliphatic heterocycles. The normalized spacial score (nSPS) is 23.1. The molecule has 1 fully saturated rings. The third-order valence-corrected chi connectivity index (χ3v) is 4.26. The maximum Gasteiger partial charge on any atom is 0.247 e. The van der Waals surface area contributed by atoms with E-state index in [1.807, 2.05) is 6.07 Å². The number of rotatable bonds is 0. The highest BCUT2D eigenvalue weighted by molar-refractivity contribution is 5.98. The van der Waals surface area contributed by atoms with Gasteiger partial charge in [-0.15, -0.1) is 0 Å². The SMILES string of the molecule is CN1C(=O)[C@@H](N)COc2ccc(C#CC3(O)CCCC3)cc21. The summed E-state index contributed by atoms with van der Waals surface area (Å²) in [5.41, 5.74) is 6.30.